The lowest BCUT2D eigenvalue weighted by Gasteiger charge is -2.13. The number of ketones is 1. The number of fused-ring (bicyclic) bond motifs is 1. The number of ether oxygens (including phenoxy) is 3. The molecule has 0 fully saturated rings. The van der Waals surface area contributed by atoms with Gasteiger partial charge in [0.25, 0.3) is 0 Å². The normalized spacial score (nSPS) is 10.8. The molecule has 0 unspecified atom stereocenters. The first-order valence-electron chi connectivity index (χ1n) is 8.52. The third kappa shape index (κ3) is 2.96. The molecule has 0 amide bonds. The predicted octanol–water partition coefficient (Wildman–Crippen LogP) is 3.88. The van der Waals surface area contributed by atoms with E-state index in [0.717, 1.165) is 11.0 Å². The van der Waals surface area contributed by atoms with Crippen LogP contribution < -0.4 is 14.2 Å². The summed E-state index contributed by atoms with van der Waals surface area (Å²) < 4.78 is 23.4. The Labute approximate surface area is 161 Å². The van der Waals surface area contributed by atoms with Crippen molar-refractivity contribution < 1.29 is 23.4 Å². The molecule has 28 heavy (non-hydrogen) atoms. The Balaban J connectivity index is 1.69. The van der Waals surface area contributed by atoms with E-state index in [2.05, 4.69) is 4.98 Å². The summed E-state index contributed by atoms with van der Waals surface area (Å²) in [5.74, 6) is 1.55. The number of para-hydroxylation sites is 1. The molecule has 0 aliphatic heterocycles. The predicted molar refractivity (Wildman–Crippen MR) is 103 cm³/mol. The fraction of sp³-hybridized carbons (Fsp3) is 0.143. The lowest BCUT2D eigenvalue weighted by molar-refractivity contribution is 0.103. The average Bonchev–Trinajstić information content (AvgIpc) is 3.38. The van der Waals surface area contributed by atoms with Crippen molar-refractivity contribution in [2.45, 2.75) is 0 Å². The maximum Gasteiger partial charge on any atom is 0.213 e. The number of nitrogens with zero attached hydrogens (tertiary/aromatic N) is 2. The molecule has 0 atom stereocenters. The summed E-state index contributed by atoms with van der Waals surface area (Å²) in [6.45, 7) is 0. The van der Waals surface area contributed by atoms with E-state index < -0.39 is 0 Å². The lowest BCUT2D eigenvalue weighted by Crippen LogP contribution is -2.04. The van der Waals surface area contributed by atoms with E-state index in [-0.39, 0.29) is 11.5 Å². The standard InChI is InChI=1S/C21H18N2O5/c1-25-17-8-14(9-18(26-2)21(17)27-3)20(24)15-11-23(12-22-15)19-10-13-6-4-5-7-16(13)28-19/h4-12H,1-3H3. The number of methoxy groups -OCH3 is 3. The molecule has 7 heteroatoms. The average molecular weight is 378 g/mol. The van der Waals surface area contributed by atoms with Crippen LogP contribution >= 0.6 is 0 Å². The molecular weight excluding hydrogens is 360 g/mol. The fourth-order valence-corrected chi connectivity index (χ4v) is 3.02. The number of imidazole rings is 1. The van der Waals surface area contributed by atoms with Crippen LogP contribution in [0.3, 0.4) is 0 Å². The van der Waals surface area contributed by atoms with Crippen molar-refractivity contribution in [1.82, 2.24) is 9.55 Å². The summed E-state index contributed by atoms with van der Waals surface area (Å²) in [6.07, 6.45) is 3.17. The Hall–Kier alpha value is -3.74. The Morgan fingerprint density at radius 2 is 1.71 bits per heavy atom. The van der Waals surface area contributed by atoms with Crippen LogP contribution in [-0.2, 0) is 0 Å². The minimum absolute atomic E-state index is 0.269. The smallest absolute Gasteiger partial charge is 0.213 e. The first kappa shape index (κ1) is 17.7. The number of aromatic nitrogens is 2. The Kier molecular flexibility index (Phi) is 4.49. The SMILES string of the molecule is COc1cc(C(=O)c2cn(-c3cc4ccccc4o3)cn2)cc(OC)c1OC. The van der Waals surface area contributed by atoms with Gasteiger partial charge in [0.15, 0.2) is 11.5 Å². The van der Waals surface area contributed by atoms with Crippen molar-refractivity contribution in [3.8, 4) is 23.1 Å². The van der Waals surface area contributed by atoms with Crippen molar-refractivity contribution in [1.29, 1.82) is 0 Å². The van der Waals surface area contributed by atoms with Gasteiger partial charge in [0, 0.05) is 23.2 Å². The molecule has 0 bridgehead atoms. The second-order valence-corrected chi connectivity index (χ2v) is 6.03. The zero-order valence-corrected chi connectivity index (χ0v) is 15.6. The van der Waals surface area contributed by atoms with Crippen molar-refractivity contribution >= 4 is 16.8 Å². The lowest BCUT2D eigenvalue weighted by atomic mass is 10.1. The second kappa shape index (κ2) is 7.11. The summed E-state index contributed by atoms with van der Waals surface area (Å²) in [5.41, 5.74) is 1.42. The number of hydrogen-bond donors (Lipinski definition) is 0. The molecule has 7 nitrogen and oxygen atoms in total. The topological polar surface area (TPSA) is 75.7 Å². The van der Waals surface area contributed by atoms with Crippen LogP contribution in [0.1, 0.15) is 16.1 Å². The molecule has 0 saturated carbocycles. The maximum absolute atomic E-state index is 12.9. The van der Waals surface area contributed by atoms with Crippen LogP contribution in [0.4, 0.5) is 0 Å². The summed E-state index contributed by atoms with van der Waals surface area (Å²) in [5, 5.41) is 0.976. The van der Waals surface area contributed by atoms with Gasteiger partial charge in [-0.1, -0.05) is 18.2 Å². The summed E-state index contributed by atoms with van der Waals surface area (Å²) in [7, 11) is 4.51. The Morgan fingerprint density at radius 1 is 1.00 bits per heavy atom. The maximum atomic E-state index is 12.9. The Bertz CT molecular complexity index is 1100. The molecule has 0 radical (unpaired) electrons. The molecule has 0 saturated heterocycles. The third-order valence-corrected chi connectivity index (χ3v) is 4.41. The first-order valence-corrected chi connectivity index (χ1v) is 8.52. The summed E-state index contributed by atoms with van der Waals surface area (Å²) >= 11 is 0. The minimum Gasteiger partial charge on any atom is -0.493 e. The van der Waals surface area contributed by atoms with Gasteiger partial charge in [0.05, 0.1) is 21.3 Å². The molecule has 2 heterocycles. The number of carbonyl (C=O) groups excluding carboxylic acids is 1. The summed E-state index contributed by atoms with van der Waals surface area (Å²) in [6, 6.07) is 12.8. The van der Waals surface area contributed by atoms with Crippen LogP contribution in [0.15, 0.2) is 59.4 Å². The fourth-order valence-electron chi connectivity index (χ4n) is 3.02. The highest BCUT2D eigenvalue weighted by atomic mass is 16.5. The van der Waals surface area contributed by atoms with Crippen LogP contribution in [0, 0.1) is 0 Å². The second-order valence-electron chi connectivity index (χ2n) is 6.03. The van der Waals surface area contributed by atoms with Gasteiger partial charge in [-0.05, 0) is 18.2 Å². The zero-order valence-electron chi connectivity index (χ0n) is 15.6. The molecule has 2 aromatic carbocycles. The quantitative estimate of drug-likeness (QED) is 0.474. The van der Waals surface area contributed by atoms with E-state index in [1.54, 1.807) is 29.2 Å². The van der Waals surface area contributed by atoms with Gasteiger partial charge in [-0.3, -0.25) is 9.36 Å². The number of benzene rings is 2. The van der Waals surface area contributed by atoms with Gasteiger partial charge in [0.1, 0.15) is 17.6 Å². The highest BCUT2D eigenvalue weighted by Gasteiger charge is 2.20. The molecule has 0 spiro atoms. The first-order chi connectivity index (χ1) is 13.6. The van der Waals surface area contributed by atoms with Gasteiger partial charge in [-0.15, -0.1) is 0 Å². The monoisotopic (exact) mass is 378 g/mol. The largest absolute Gasteiger partial charge is 0.493 e. The molecule has 0 aliphatic carbocycles. The highest BCUT2D eigenvalue weighted by Crippen LogP contribution is 2.38. The van der Waals surface area contributed by atoms with Crippen molar-refractivity contribution in [2.75, 3.05) is 21.3 Å². The van der Waals surface area contributed by atoms with Gasteiger partial charge in [-0.2, -0.15) is 0 Å². The molecule has 4 rings (SSSR count). The van der Waals surface area contributed by atoms with Crippen molar-refractivity contribution in [2.24, 2.45) is 0 Å². The molecule has 0 N–H and O–H groups in total. The molecule has 0 aliphatic rings. The van der Waals surface area contributed by atoms with E-state index in [1.165, 1.54) is 21.3 Å². The van der Waals surface area contributed by atoms with E-state index in [1.807, 2.05) is 30.3 Å². The van der Waals surface area contributed by atoms with Gasteiger partial charge in [-0.25, -0.2) is 4.98 Å². The minimum atomic E-state index is -0.269. The number of hydrogen-bond acceptors (Lipinski definition) is 6. The number of furan rings is 1. The molecule has 4 aromatic rings. The van der Waals surface area contributed by atoms with E-state index in [0.29, 0.717) is 28.7 Å². The van der Waals surface area contributed by atoms with E-state index in [4.69, 9.17) is 18.6 Å². The molecule has 142 valence electrons. The number of carbonyl (C=O) groups is 1. The summed E-state index contributed by atoms with van der Waals surface area (Å²) in [4.78, 5) is 17.2. The van der Waals surface area contributed by atoms with Crippen molar-refractivity contribution in [3.05, 3.63) is 66.2 Å². The van der Waals surface area contributed by atoms with Gasteiger partial charge >= 0.3 is 0 Å². The van der Waals surface area contributed by atoms with Crippen LogP contribution in [-0.4, -0.2) is 36.7 Å². The molecular formula is C21H18N2O5. The molecule has 2 aromatic heterocycles. The highest BCUT2D eigenvalue weighted by molar-refractivity contribution is 6.08. The van der Waals surface area contributed by atoms with E-state index >= 15 is 0 Å². The van der Waals surface area contributed by atoms with E-state index in [9.17, 15) is 4.79 Å². The third-order valence-electron chi connectivity index (χ3n) is 4.41. The van der Waals surface area contributed by atoms with Crippen LogP contribution in [0.25, 0.3) is 16.9 Å². The van der Waals surface area contributed by atoms with Gasteiger partial charge in [0.2, 0.25) is 17.4 Å². The van der Waals surface area contributed by atoms with Crippen molar-refractivity contribution in [3.63, 3.8) is 0 Å². The Morgan fingerprint density at radius 3 is 2.36 bits per heavy atom. The zero-order chi connectivity index (χ0) is 19.7. The number of rotatable bonds is 6. The van der Waals surface area contributed by atoms with Crippen LogP contribution in [0.5, 0.6) is 17.2 Å². The van der Waals surface area contributed by atoms with Crippen LogP contribution in [0.2, 0.25) is 0 Å². The van der Waals surface area contributed by atoms with Gasteiger partial charge < -0.3 is 18.6 Å².